The van der Waals surface area contributed by atoms with Crippen LogP contribution in [0.3, 0.4) is 0 Å². The first-order chi connectivity index (χ1) is 17.4. The van der Waals surface area contributed by atoms with Gasteiger partial charge in [0.25, 0.3) is 0 Å². The largest absolute Gasteiger partial charge is 0.491 e. The van der Waals surface area contributed by atoms with E-state index in [9.17, 15) is 13.2 Å². The van der Waals surface area contributed by atoms with Crippen molar-refractivity contribution >= 4 is 0 Å². The van der Waals surface area contributed by atoms with Gasteiger partial charge in [-0.05, 0) is 57.1 Å². The normalized spacial score (nSPS) is 18.1. The highest BCUT2D eigenvalue weighted by Gasteiger charge is 2.24. The van der Waals surface area contributed by atoms with Gasteiger partial charge in [-0.25, -0.2) is 23.1 Å². The number of nitrogens with zero attached hydrogens (tertiary/aromatic N) is 2. The summed E-state index contributed by atoms with van der Waals surface area (Å²) in [6.07, 6.45) is 14.0. The molecular weight excluding hydrogens is 468 g/mol. The van der Waals surface area contributed by atoms with Crippen molar-refractivity contribution in [3.05, 3.63) is 77.9 Å². The summed E-state index contributed by atoms with van der Waals surface area (Å²) >= 11 is 0. The Morgan fingerprint density at radius 1 is 0.806 bits per heavy atom. The molecule has 1 aliphatic carbocycles. The average molecular weight is 499 g/mol. The first-order valence-electron chi connectivity index (χ1n) is 12.5. The van der Waals surface area contributed by atoms with Crippen LogP contribution in [0.1, 0.15) is 64.1 Å². The van der Waals surface area contributed by atoms with Crippen LogP contribution in [0, 0.1) is 29.2 Å². The van der Waals surface area contributed by atoms with E-state index in [0.717, 1.165) is 38.5 Å². The van der Waals surface area contributed by atoms with Gasteiger partial charge in [0.2, 0.25) is 5.82 Å². The maximum Gasteiger partial charge on any atom is 0.201 e. The summed E-state index contributed by atoms with van der Waals surface area (Å²) in [6.45, 7) is 3.94. The lowest BCUT2D eigenvalue weighted by molar-refractivity contribution is 0.314. The first-order valence-corrected chi connectivity index (χ1v) is 12.5. The third-order valence-electron chi connectivity index (χ3n) is 6.70. The van der Waals surface area contributed by atoms with Gasteiger partial charge in [0.1, 0.15) is 5.82 Å². The van der Waals surface area contributed by atoms with E-state index in [0.29, 0.717) is 17.3 Å². The van der Waals surface area contributed by atoms with Crippen LogP contribution in [0.5, 0.6) is 5.75 Å². The summed E-state index contributed by atoms with van der Waals surface area (Å²) in [5.74, 6) is -3.71. The molecule has 1 fully saturated rings. The topological polar surface area (TPSA) is 35.0 Å². The summed E-state index contributed by atoms with van der Waals surface area (Å²) in [5, 5.41) is 0. The minimum Gasteiger partial charge on any atom is -0.491 e. The molecule has 0 spiro atoms. The van der Waals surface area contributed by atoms with E-state index in [1.165, 1.54) is 36.7 Å². The number of hydrogen-bond donors (Lipinski definition) is 0. The van der Waals surface area contributed by atoms with Crippen LogP contribution >= 0.6 is 0 Å². The number of unbranched alkanes of at least 4 members (excludes halogenated alkanes) is 1. The smallest absolute Gasteiger partial charge is 0.201 e. The van der Waals surface area contributed by atoms with E-state index in [2.05, 4.69) is 29.0 Å². The minimum atomic E-state index is -1.30. The second kappa shape index (κ2) is 11.7. The Hall–Kier alpha value is -3.22. The van der Waals surface area contributed by atoms with Gasteiger partial charge in [-0.1, -0.05) is 37.6 Å². The quantitative estimate of drug-likeness (QED) is 0.231. The Labute approximate surface area is 209 Å². The summed E-state index contributed by atoms with van der Waals surface area (Å²) in [7, 11) is 0. The molecule has 1 heterocycles. The number of rotatable bonds is 8. The van der Waals surface area contributed by atoms with Crippen LogP contribution in [0.4, 0.5) is 17.6 Å². The predicted octanol–water partition coefficient (Wildman–Crippen LogP) is 8.40. The lowest BCUT2D eigenvalue weighted by Gasteiger charge is -2.25. The molecular formula is C29H30F4N2O. The van der Waals surface area contributed by atoms with E-state index in [1.54, 1.807) is 6.92 Å². The number of benzene rings is 2. The molecule has 0 aliphatic heterocycles. The summed E-state index contributed by atoms with van der Waals surface area (Å²) < 4.78 is 63.8. The molecule has 0 radical (unpaired) electrons. The van der Waals surface area contributed by atoms with Crippen LogP contribution in [0.2, 0.25) is 0 Å². The molecule has 7 heteroatoms. The van der Waals surface area contributed by atoms with Gasteiger partial charge in [0, 0.05) is 40.6 Å². The molecule has 190 valence electrons. The molecule has 2 aromatic carbocycles. The van der Waals surface area contributed by atoms with E-state index in [4.69, 9.17) is 4.74 Å². The molecule has 0 atom stereocenters. The molecule has 0 amide bonds. The van der Waals surface area contributed by atoms with Gasteiger partial charge in [0.05, 0.1) is 6.61 Å². The van der Waals surface area contributed by atoms with Crippen molar-refractivity contribution < 1.29 is 22.3 Å². The standard InChI is InChI=1S/C29H30F4N2O/c1-3-5-6-7-18-8-10-19(11-9-18)29-34-16-20(17-35-29)21-12-13-22(26(31)25(21)30)23-14-15-24(36-4-2)28(33)27(23)32/h6-7,12-19H,3-5,8-11H2,1-2H3/b7-6+. The number of ether oxygens (including phenoxy) is 1. The summed E-state index contributed by atoms with van der Waals surface area (Å²) in [6, 6.07) is 4.93. The molecule has 1 aliphatic rings. The predicted molar refractivity (Wildman–Crippen MR) is 133 cm³/mol. The molecule has 1 saturated carbocycles. The lowest BCUT2D eigenvalue weighted by Crippen LogP contribution is -2.14. The van der Waals surface area contributed by atoms with Crippen molar-refractivity contribution in [2.75, 3.05) is 6.61 Å². The van der Waals surface area contributed by atoms with E-state index in [-0.39, 0.29) is 35.0 Å². The second-order valence-electron chi connectivity index (χ2n) is 9.12. The van der Waals surface area contributed by atoms with Crippen LogP contribution in [0.25, 0.3) is 22.3 Å². The maximum atomic E-state index is 15.0. The third-order valence-corrected chi connectivity index (χ3v) is 6.70. The van der Waals surface area contributed by atoms with Gasteiger partial charge in [-0.2, -0.15) is 4.39 Å². The molecule has 3 nitrogen and oxygen atoms in total. The maximum absolute atomic E-state index is 15.0. The van der Waals surface area contributed by atoms with Crippen LogP contribution in [0.15, 0.2) is 48.8 Å². The number of hydrogen-bond acceptors (Lipinski definition) is 3. The van der Waals surface area contributed by atoms with Gasteiger partial charge >= 0.3 is 0 Å². The Kier molecular flexibility index (Phi) is 8.39. The molecule has 3 aromatic rings. The second-order valence-corrected chi connectivity index (χ2v) is 9.12. The fourth-order valence-electron chi connectivity index (χ4n) is 4.70. The fraction of sp³-hybridized carbons (Fsp3) is 0.379. The van der Waals surface area contributed by atoms with Crippen molar-refractivity contribution in [1.29, 1.82) is 0 Å². The molecule has 0 bridgehead atoms. The highest BCUT2D eigenvalue weighted by molar-refractivity contribution is 5.72. The number of aromatic nitrogens is 2. The zero-order valence-corrected chi connectivity index (χ0v) is 20.5. The highest BCUT2D eigenvalue weighted by Crippen LogP contribution is 2.37. The Morgan fingerprint density at radius 3 is 2.03 bits per heavy atom. The minimum absolute atomic E-state index is 0.0422. The van der Waals surface area contributed by atoms with Gasteiger partial charge in [0.15, 0.2) is 23.2 Å². The summed E-state index contributed by atoms with van der Waals surface area (Å²) in [4.78, 5) is 8.88. The fourth-order valence-corrected chi connectivity index (χ4v) is 4.70. The molecule has 0 unspecified atom stereocenters. The van der Waals surface area contributed by atoms with Crippen LogP contribution < -0.4 is 4.74 Å². The van der Waals surface area contributed by atoms with Crippen molar-refractivity contribution in [3.8, 4) is 28.0 Å². The summed E-state index contributed by atoms with van der Waals surface area (Å²) in [5.41, 5.74) is -0.487. The highest BCUT2D eigenvalue weighted by atomic mass is 19.2. The lowest BCUT2D eigenvalue weighted by atomic mass is 9.81. The van der Waals surface area contributed by atoms with E-state index in [1.807, 2.05) is 0 Å². The van der Waals surface area contributed by atoms with Crippen molar-refractivity contribution in [1.82, 2.24) is 9.97 Å². The Bertz CT molecular complexity index is 1220. The van der Waals surface area contributed by atoms with E-state index < -0.39 is 23.3 Å². The zero-order chi connectivity index (χ0) is 25.7. The molecule has 0 saturated heterocycles. The number of allylic oxidation sites excluding steroid dienone is 2. The monoisotopic (exact) mass is 498 g/mol. The van der Waals surface area contributed by atoms with E-state index >= 15 is 4.39 Å². The first kappa shape index (κ1) is 25.9. The average Bonchev–Trinajstić information content (AvgIpc) is 2.90. The molecule has 1 aromatic heterocycles. The Morgan fingerprint density at radius 2 is 1.39 bits per heavy atom. The SMILES string of the molecule is CCC/C=C/C1CCC(c2ncc(-c3ccc(-c4ccc(OCC)c(F)c4F)c(F)c3F)cn2)CC1. The number of halogens is 4. The molecule has 0 N–H and O–H groups in total. The molecule has 36 heavy (non-hydrogen) atoms. The van der Waals surface area contributed by atoms with Crippen LogP contribution in [-0.2, 0) is 0 Å². The van der Waals surface area contributed by atoms with Crippen molar-refractivity contribution in [2.45, 2.75) is 58.3 Å². The van der Waals surface area contributed by atoms with Crippen molar-refractivity contribution in [2.24, 2.45) is 5.92 Å². The van der Waals surface area contributed by atoms with Gasteiger partial charge < -0.3 is 4.74 Å². The Balaban J connectivity index is 1.51. The third kappa shape index (κ3) is 5.45. The zero-order valence-electron chi connectivity index (χ0n) is 20.5. The molecule has 4 rings (SSSR count). The van der Waals surface area contributed by atoms with Gasteiger partial charge in [-0.15, -0.1) is 0 Å². The van der Waals surface area contributed by atoms with Crippen molar-refractivity contribution in [3.63, 3.8) is 0 Å². The van der Waals surface area contributed by atoms with Gasteiger partial charge in [-0.3, -0.25) is 0 Å². The van der Waals surface area contributed by atoms with Crippen LogP contribution in [-0.4, -0.2) is 16.6 Å².